The number of halogens is 1. The van der Waals surface area contributed by atoms with Gasteiger partial charge in [-0.25, -0.2) is 0 Å². The number of carbonyl (C=O) groups is 2. The molecule has 0 aliphatic rings. The Morgan fingerprint density at radius 3 is 2.68 bits per heavy atom. The van der Waals surface area contributed by atoms with Gasteiger partial charge in [0.15, 0.2) is 0 Å². The number of para-hydroxylation sites is 1. The number of alkyl halides is 1. The average molecular weight is 321 g/mol. The summed E-state index contributed by atoms with van der Waals surface area (Å²) >= 11 is 5.57. The minimum Gasteiger partial charge on any atom is -0.467 e. The number of carbonyl (C=O) groups excluding carboxylic acids is 2. The summed E-state index contributed by atoms with van der Waals surface area (Å²) in [6, 6.07) is 10.4. The maximum absolute atomic E-state index is 12.2. The molecule has 0 unspecified atom stereocenters. The third kappa shape index (κ3) is 4.63. The van der Waals surface area contributed by atoms with E-state index in [1.165, 1.54) is 0 Å². The van der Waals surface area contributed by atoms with Crippen molar-refractivity contribution < 1.29 is 14.0 Å². The monoisotopic (exact) mass is 320 g/mol. The molecule has 5 nitrogen and oxygen atoms in total. The molecule has 0 saturated heterocycles. The topological polar surface area (TPSA) is 71.3 Å². The normalized spacial score (nSPS) is 10.2. The number of anilines is 1. The van der Waals surface area contributed by atoms with Crippen LogP contribution in [-0.4, -0.2) is 17.7 Å². The van der Waals surface area contributed by atoms with Gasteiger partial charge in [0.1, 0.15) is 5.76 Å². The molecule has 1 heterocycles. The van der Waals surface area contributed by atoms with Gasteiger partial charge in [-0.05, 0) is 30.7 Å². The van der Waals surface area contributed by atoms with Gasteiger partial charge in [-0.3, -0.25) is 9.59 Å². The van der Waals surface area contributed by atoms with E-state index >= 15 is 0 Å². The second-order valence-electron chi connectivity index (χ2n) is 4.65. The van der Waals surface area contributed by atoms with E-state index in [0.717, 1.165) is 0 Å². The predicted octanol–water partition coefficient (Wildman–Crippen LogP) is 3.17. The number of hydrogen-bond acceptors (Lipinski definition) is 3. The molecule has 2 N–H and O–H groups in total. The summed E-state index contributed by atoms with van der Waals surface area (Å²) in [5.41, 5.74) is 0.896. The van der Waals surface area contributed by atoms with Crippen LogP contribution in [0.5, 0.6) is 0 Å². The molecule has 116 valence electrons. The summed E-state index contributed by atoms with van der Waals surface area (Å²) in [6.45, 7) is 0.292. The molecule has 0 bridgehead atoms. The Labute approximate surface area is 133 Å². The molecule has 0 fully saturated rings. The Kier molecular flexibility index (Phi) is 6.03. The van der Waals surface area contributed by atoms with Gasteiger partial charge in [0.05, 0.1) is 24.1 Å². The third-order valence-corrected chi connectivity index (χ3v) is 3.25. The maximum atomic E-state index is 12.2. The number of amides is 2. The Hall–Kier alpha value is -2.27. The van der Waals surface area contributed by atoms with Gasteiger partial charge < -0.3 is 15.1 Å². The SMILES string of the molecule is O=C(CCCCl)Nc1ccccc1C(=O)NCc1ccco1. The molecule has 1 aromatic heterocycles. The third-order valence-electron chi connectivity index (χ3n) is 2.99. The zero-order chi connectivity index (χ0) is 15.8. The fraction of sp³-hybridized carbons (Fsp3) is 0.250. The molecule has 0 radical (unpaired) electrons. The van der Waals surface area contributed by atoms with Gasteiger partial charge >= 0.3 is 0 Å². The van der Waals surface area contributed by atoms with E-state index in [1.807, 2.05) is 0 Å². The summed E-state index contributed by atoms with van der Waals surface area (Å²) in [5.74, 6) is 0.659. The first-order chi connectivity index (χ1) is 10.7. The van der Waals surface area contributed by atoms with Crippen LogP contribution in [0, 0.1) is 0 Å². The number of rotatable bonds is 7. The van der Waals surface area contributed by atoms with E-state index in [1.54, 1.807) is 42.7 Å². The minimum atomic E-state index is -0.273. The molecule has 0 aliphatic heterocycles. The van der Waals surface area contributed by atoms with Crippen LogP contribution >= 0.6 is 11.6 Å². The molecule has 0 aliphatic carbocycles. The first kappa shape index (κ1) is 16.1. The fourth-order valence-corrected chi connectivity index (χ4v) is 2.04. The van der Waals surface area contributed by atoms with Crippen molar-refractivity contribution in [1.29, 1.82) is 0 Å². The number of hydrogen-bond donors (Lipinski definition) is 2. The largest absolute Gasteiger partial charge is 0.467 e. The van der Waals surface area contributed by atoms with E-state index in [0.29, 0.717) is 42.3 Å². The van der Waals surface area contributed by atoms with Crippen molar-refractivity contribution in [2.45, 2.75) is 19.4 Å². The lowest BCUT2D eigenvalue weighted by molar-refractivity contribution is -0.116. The van der Waals surface area contributed by atoms with Gasteiger partial charge in [0.25, 0.3) is 5.91 Å². The molecule has 1 aromatic carbocycles. The molecule has 6 heteroatoms. The standard InChI is InChI=1S/C16H17ClN2O3/c17-9-3-8-15(20)19-14-7-2-1-6-13(14)16(21)18-11-12-5-4-10-22-12/h1-2,4-7,10H,3,8-9,11H2,(H,18,21)(H,19,20). The van der Waals surface area contributed by atoms with Crippen LogP contribution in [0.1, 0.15) is 29.0 Å². The van der Waals surface area contributed by atoms with Gasteiger partial charge in [-0.1, -0.05) is 12.1 Å². The van der Waals surface area contributed by atoms with Crippen molar-refractivity contribution in [1.82, 2.24) is 5.32 Å². The quantitative estimate of drug-likeness (QED) is 0.770. The van der Waals surface area contributed by atoms with Crippen LogP contribution < -0.4 is 10.6 Å². The number of furan rings is 1. The van der Waals surface area contributed by atoms with E-state index in [4.69, 9.17) is 16.0 Å². The predicted molar refractivity (Wildman–Crippen MR) is 84.9 cm³/mol. The summed E-state index contributed by atoms with van der Waals surface area (Å²) in [4.78, 5) is 24.0. The second-order valence-corrected chi connectivity index (χ2v) is 5.03. The van der Waals surface area contributed by atoms with Crippen molar-refractivity contribution in [3.63, 3.8) is 0 Å². The first-order valence-electron chi connectivity index (χ1n) is 6.96. The lowest BCUT2D eigenvalue weighted by Crippen LogP contribution is -2.24. The fourth-order valence-electron chi connectivity index (χ4n) is 1.91. The van der Waals surface area contributed by atoms with Crippen LogP contribution in [0.25, 0.3) is 0 Å². The maximum Gasteiger partial charge on any atom is 0.253 e. The van der Waals surface area contributed by atoms with Crippen molar-refractivity contribution in [3.8, 4) is 0 Å². The summed E-state index contributed by atoms with van der Waals surface area (Å²) in [7, 11) is 0. The summed E-state index contributed by atoms with van der Waals surface area (Å²) in [6.07, 6.45) is 2.47. The van der Waals surface area contributed by atoms with Crippen LogP contribution in [0.3, 0.4) is 0 Å². The molecule has 0 spiro atoms. The number of nitrogens with one attached hydrogen (secondary N) is 2. The molecular formula is C16H17ClN2O3. The van der Waals surface area contributed by atoms with Crippen molar-refractivity contribution >= 4 is 29.1 Å². The number of benzene rings is 1. The molecule has 2 amide bonds. The molecule has 2 rings (SSSR count). The van der Waals surface area contributed by atoms with E-state index < -0.39 is 0 Å². The average Bonchev–Trinajstić information content (AvgIpc) is 3.04. The molecule has 0 saturated carbocycles. The Morgan fingerprint density at radius 1 is 1.14 bits per heavy atom. The van der Waals surface area contributed by atoms with Gasteiger partial charge in [-0.2, -0.15) is 0 Å². The van der Waals surface area contributed by atoms with Crippen LogP contribution in [0.15, 0.2) is 47.1 Å². The lowest BCUT2D eigenvalue weighted by atomic mass is 10.1. The second kappa shape index (κ2) is 8.24. The zero-order valence-electron chi connectivity index (χ0n) is 12.0. The molecule has 2 aromatic rings. The van der Waals surface area contributed by atoms with Gasteiger partial charge in [0.2, 0.25) is 5.91 Å². The molecule has 0 atom stereocenters. The highest BCUT2D eigenvalue weighted by Gasteiger charge is 2.13. The highest BCUT2D eigenvalue weighted by molar-refractivity contribution is 6.18. The Morgan fingerprint density at radius 2 is 1.95 bits per heavy atom. The lowest BCUT2D eigenvalue weighted by Gasteiger charge is -2.10. The molecular weight excluding hydrogens is 304 g/mol. The van der Waals surface area contributed by atoms with E-state index in [-0.39, 0.29) is 11.8 Å². The van der Waals surface area contributed by atoms with Crippen molar-refractivity contribution in [2.24, 2.45) is 0 Å². The zero-order valence-corrected chi connectivity index (χ0v) is 12.7. The summed E-state index contributed by atoms with van der Waals surface area (Å²) in [5, 5.41) is 5.49. The van der Waals surface area contributed by atoms with Gasteiger partial charge in [-0.15, -0.1) is 11.6 Å². The van der Waals surface area contributed by atoms with E-state index in [2.05, 4.69) is 10.6 Å². The Balaban J connectivity index is 2.00. The minimum absolute atomic E-state index is 0.160. The Bertz CT molecular complexity index is 626. The van der Waals surface area contributed by atoms with Crippen LogP contribution in [0.4, 0.5) is 5.69 Å². The van der Waals surface area contributed by atoms with Crippen molar-refractivity contribution in [3.05, 3.63) is 54.0 Å². The van der Waals surface area contributed by atoms with Gasteiger partial charge in [0, 0.05) is 12.3 Å². The summed E-state index contributed by atoms with van der Waals surface area (Å²) < 4.78 is 5.16. The highest BCUT2D eigenvalue weighted by Crippen LogP contribution is 2.16. The first-order valence-corrected chi connectivity index (χ1v) is 7.49. The smallest absolute Gasteiger partial charge is 0.253 e. The van der Waals surface area contributed by atoms with Crippen molar-refractivity contribution in [2.75, 3.05) is 11.2 Å². The van der Waals surface area contributed by atoms with Crippen LogP contribution in [-0.2, 0) is 11.3 Å². The van der Waals surface area contributed by atoms with E-state index in [9.17, 15) is 9.59 Å². The highest BCUT2D eigenvalue weighted by atomic mass is 35.5. The molecule has 22 heavy (non-hydrogen) atoms. The van der Waals surface area contributed by atoms with Crippen LogP contribution in [0.2, 0.25) is 0 Å².